The van der Waals surface area contributed by atoms with E-state index in [1.807, 2.05) is 18.4 Å². The van der Waals surface area contributed by atoms with E-state index >= 15 is 0 Å². The van der Waals surface area contributed by atoms with Crippen molar-refractivity contribution in [2.75, 3.05) is 6.26 Å². The molecule has 1 aromatic heterocycles. The minimum absolute atomic E-state index is 0.1000. The van der Waals surface area contributed by atoms with E-state index in [-0.39, 0.29) is 5.25 Å². The SMILES string of the molecule is Cc1n[nH]c(=S)n1CC(C)S(C)=O. The van der Waals surface area contributed by atoms with Crippen molar-refractivity contribution in [3.05, 3.63) is 10.6 Å². The maximum Gasteiger partial charge on any atom is 0.195 e. The number of hydrogen-bond donors (Lipinski definition) is 1. The van der Waals surface area contributed by atoms with Crippen LogP contribution < -0.4 is 0 Å². The number of aryl methyl sites for hydroxylation is 1. The predicted molar refractivity (Wildman–Crippen MR) is 55.7 cm³/mol. The van der Waals surface area contributed by atoms with Gasteiger partial charge >= 0.3 is 0 Å². The third kappa shape index (κ3) is 2.47. The third-order valence-corrected chi connectivity index (χ3v) is 3.55. The molecule has 74 valence electrons. The fourth-order valence-electron chi connectivity index (χ4n) is 0.973. The van der Waals surface area contributed by atoms with Gasteiger partial charge in [-0.05, 0) is 26.1 Å². The average Bonchev–Trinajstić information content (AvgIpc) is 2.35. The van der Waals surface area contributed by atoms with Crippen LogP contribution in [0.15, 0.2) is 0 Å². The molecule has 2 unspecified atom stereocenters. The number of nitrogens with one attached hydrogen (secondary N) is 1. The van der Waals surface area contributed by atoms with Crippen LogP contribution in [0, 0.1) is 11.7 Å². The smallest absolute Gasteiger partial charge is 0.195 e. The molecule has 6 heteroatoms. The summed E-state index contributed by atoms with van der Waals surface area (Å²) >= 11 is 5.02. The first-order valence-electron chi connectivity index (χ1n) is 3.96. The minimum Gasteiger partial charge on any atom is -0.303 e. The first kappa shape index (κ1) is 10.6. The first-order valence-corrected chi connectivity index (χ1v) is 5.99. The van der Waals surface area contributed by atoms with Gasteiger partial charge in [-0.3, -0.25) is 9.31 Å². The predicted octanol–water partition coefficient (Wildman–Crippen LogP) is 1.02. The van der Waals surface area contributed by atoms with Gasteiger partial charge in [-0.25, -0.2) is 0 Å². The Labute approximate surface area is 84.8 Å². The quantitative estimate of drug-likeness (QED) is 0.772. The van der Waals surface area contributed by atoms with Gasteiger partial charge in [0.05, 0.1) is 0 Å². The van der Waals surface area contributed by atoms with Gasteiger partial charge in [0.15, 0.2) is 4.77 Å². The zero-order valence-corrected chi connectivity index (χ0v) is 9.54. The lowest BCUT2D eigenvalue weighted by atomic mass is 10.4. The van der Waals surface area contributed by atoms with Crippen LogP contribution in [0.3, 0.4) is 0 Å². The molecule has 1 aromatic rings. The van der Waals surface area contributed by atoms with Crippen LogP contribution in [0.4, 0.5) is 0 Å². The summed E-state index contributed by atoms with van der Waals surface area (Å²) in [6.07, 6.45) is 1.70. The molecule has 0 saturated heterocycles. The van der Waals surface area contributed by atoms with Gasteiger partial charge in [-0.2, -0.15) is 5.10 Å². The molecule has 1 rings (SSSR count). The molecule has 0 saturated carbocycles. The molecule has 0 radical (unpaired) electrons. The van der Waals surface area contributed by atoms with Crippen molar-refractivity contribution in [1.29, 1.82) is 0 Å². The Morgan fingerprint density at radius 3 is 2.77 bits per heavy atom. The van der Waals surface area contributed by atoms with E-state index in [2.05, 4.69) is 10.2 Å². The zero-order valence-electron chi connectivity index (χ0n) is 7.90. The zero-order chi connectivity index (χ0) is 10.0. The molecule has 1 N–H and O–H groups in total. The molecule has 4 nitrogen and oxygen atoms in total. The van der Waals surface area contributed by atoms with Gasteiger partial charge in [-0.1, -0.05) is 0 Å². The Hall–Kier alpha value is -0.490. The number of aromatic nitrogens is 3. The van der Waals surface area contributed by atoms with E-state index in [0.717, 1.165) is 5.82 Å². The lowest BCUT2D eigenvalue weighted by Gasteiger charge is -2.09. The molecule has 0 bridgehead atoms. The first-order chi connectivity index (χ1) is 6.02. The molecule has 0 spiro atoms. The fraction of sp³-hybridized carbons (Fsp3) is 0.714. The van der Waals surface area contributed by atoms with Crippen molar-refractivity contribution >= 4 is 23.0 Å². The van der Waals surface area contributed by atoms with Gasteiger partial charge in [0.2, 0.25) is 0 Å². The van der Waals surface area contributed by atoms with E-state index in [1.54, 1.807) is 6.26 Å². The van der Waals surface area contributed by atoms with Gasteiger partial charge in [0.25, 0.3) is 0 Å². The maximum atomic E-state index is 11.1. The minimum atomic E-state index is -0.820. The van der Waals surface area contributed by atoms with E-state index in [4.69, 9.17) is 12.2 Å². The standard InChI is InChI=1S/C7H13N3OS2/c1-5(13(3)11)4-10-6(2)8-9-7(10)12/h5H,4H2,1-3H3,(H,9,12). The summed E-state index contributed by atoms with van der Waals surface area (Å²) in [4.78, 5) is 0. The van der Waals surface area contributed by atoms with Crippen LogP contribution in [0.1, 0.15) is 12.7 Å². The van der Waals surface area contributed by atoms with Crippen molar-refractivity contribution in [3.63, 3.8) is 0 Å². The molecule has 1 heterocycles. The number of hydrogen-bond acceptors (Lipinski definition) is 3. The molecule has 0 amide bonds. The summed E-state index contributed by atoms with van der Waals surface area (Å²) in [5.41, 5.74) is 0. The molecule has 0 aliphatic rings. The molecular weight excluding hydrogens is 206 g/mol. The number of aromatic amines is 1. The average molecular weight is 219 g/mol. The van der Waals surface area contributed by atoms with Crippen molar-refractivity contribution in [3.8, 4) is 0 Å². The van der Waals surface area contributed by atoms with Gasteiger partial charge < -0.3 is 4.57 Å². The summed E-state index contributed by atoms with van der Waals surface area (Å²) in [5, 5.41) is 6.77. The second-order valence-electron chi connectivity index (χ2n) is 3.00. The van der Waals surface area contributed by atoms with E-state index in [1.165, 1.54) is 0 Å². The Morgan fingerprint density at radius 2 is 2.38 bits per heavy atom. The lowest BCUT2D eigenvalue weighted by Crippen LogP contribution is -2.18. The highest BCUT2D eigenvalue weighted by molar-refractivity contribution is 7.84. The van der Waals surface area contributed by atoms with E-state index in [9.17, 15) is 4.21 Å². The summed E-state index contributed by atoms with van der Waals surface area (Å²) < 4.78 is 13.6. The van der Waals surface area contributed by atoms with Gasteiger partial charge in [-0.15, -0.1) is 0 Å². The number of nitrogens with zero attached hydrogens (tertiary/aromatic N) is 2. The Kier molecular flexibility index (Phi) is 3.38. The van der Waals surface area contributed by atoms with Crippen LogP contribution in [0.25, 0.3) is 0 Å². The van der Waals surface area contributed by atoms with Gasteiger partial charge in [0, 0.05) is 28.9 Å². The van der Waals surface area contributed by atoms with Crippen molar-refractivity contribution < 1.29 is 4.21 Å². The van der Waals surface area contributed by atoms with Crippen LogP contribution in [-0.2, 0) is 17.3 Å². The topological polar surface area (TPSA) is 50.7 Å². The Morgan fingerprint density at radius 1 is 1.77 bits per heavy atom. The van der Waals surface area contributed by atoms with Crippen molar-refractivity contribution in [2.24, 2.45) is 0 Å². The Bertz CT molecular complexity index is 368. The largest absolute Gasteiger partial charge is 0.303 e. The van der Waals surface area contributed by atoms with Crippen LogP contribution in [0.5, 0.6) is 0 Å². The molecule has 0 aromatic carbocycles. The second-order valence-corrected chi connectivity index (χ2v) is 5.18. The molecular formula is C7H13N3OS2. The number of H-pyrrole nitrogens is 1. The molecule has 0 aliphatic heterocycles. The third-order valence-electron chi connectivity index (χ3n) is 1.96. The molecule has 2 atom stereocenters. The molecule has 13 heavy (non-hydrogen) atoms. The second kappa shape index (κ2) is 4.15. The van der Waals surface area contributed by atoms with Crippen LogP contribution in [-0.4, -0.2) is 30.5 Å². The van der Waals surface area contributed by atoms with E-state index in [0.29, 0.717) is 11.3 Å². The van der Waals surface area contributed by atoms with Crippen molar-refractivity contribution in [1.82, 2.24) is 14.8 Å². The molecule has 0 fully saturated rings. The van der Waals surface area contributed by atoms with Crippen molar-refractivity contribution in [2.45, 2.75) is 25.6 Å². The molecule has 0 aliphatic carbocycles. The summed E-state index contributed by atoms with van der Waals surface area (Å²) in [7, 11) is -0.820. The Balaban J connectivity index is 2.85. The monoisotopic (exact) mass is 219 g/mol. The van der Waals surface area contributed by atoms with E-state index < -0.39 is 10.8 Å². The lowest BCUT2D eigenvalue weighted by molar-refractivity contribution is 0.628. The normalized spacial score (nSPS) is 15.6. The summed E-state index contributed by atoms with van der Waals surface area (Å²) in [6, 6.07) is 0. The highest BCUT2D eigenvalue weighted by Crippen LogP contribution is 2.02. The van der Waals surface area contributed by atoms with Gasteiger partial charge in [0.1, 0.15) is 5.82 Å². The van der Waals surface area contributed by atoms with Crippen LogP contribution >= 0.6 is 12.2 Å². The highest BCUT2D eigenvalue weighted by Gasteiger charge is 2.09. The maximum absolute atomic E-state index is 11.1. The highest BCUT2D eigenvalue weighted by atomic mass is 32.2. The fourth-order valence-corrected chi connectivity index (χ4v) is 1.58. The summed E-state index contributed by atoms with van der Waals surface area (Å²) in [6.45, 7) is 4.46. The summed E-state index contributed by atoms with van der Waals surface area (Å²) in [5.74, 6) is 0.835. The number of rotatable bonds is 3. The van der Waals surface area contributed by atoms with Crippen LogP contribution in [0.2, 0.25) is 0 Å².